The molecular formula is C21H18F3N3O3. The van der Waals surface area contributed by atoms with Gasteiger partial charge in [0.15, 0.2) is 0 Å². The molecule has 2 aromatic carbocycles. The molecule has 0 amide bonds. The lowest BCUT2D eigenvalue weighted by Gasteiger charge is -2.37. The molecule has 1 fully saturated rings. The molecule has 30 heavy (non-hydrogen) atoms. The first-order valence-electron chi connectivity index (χ1n) is 9.22. The Morgan fingerprint density at radius 1 is 1.17 bits per heavy atom. The Labute approximate surface area is 170 Å². The molecule has 0 saturated carbocycles. The highest BCUT2D eigenvalue weighted by Gasteiger charge is 2.34. The Balaban J connectivity index is 1.39. The van der Waals surface area contributed by atoms with Gasteiger partial charge in [-0.2, -0.15) is 18.3 Å². The molecule has 0 aromatic heterocycles. The standard InChI is InChI=1S/C21H18F3N3O3/c22-21(23,24)16-4-1-13(2-5-16)12-30-17-6-7-18-14(9-17)3-8-19(26-25-18)27-10-15(11-27)20(28)29/h1-9,15,25H,10-12H2,(H,28,29). The number of hydrazone groups is 1. The van der Waals surface area contributed by atoms with Crippen molar-refractivity contribution in [1.29, 1.82) is 0 Å². The molecule has 0 radical (unpaired) electrons. The predicted octanol–water partition coefficient (Wildman–Crippen LogP) is 4.05. The van der Waals surface area contributed by atoms with E-state index in [-0.39, 0.29) is 12.5 Å². The number of hydrogen-bond donors (Lipinski definition) is 2. The van der Waals surface area contributed by atoms with E-state index in [0.29, 0.717) is 30.2 Å². The number of aliphatic carboxylic acids is 1. The fourth-order valence-corrected chi connectivity index (χ4v) is 3.14. The Kier molecular flexibility index (Phi) is 5.11. The van der Waals surface area contributed by atoms with Crippen molar-refractivity contribution < 1.29 is 27.8 Å². The van der Waals surface area contributed by atoms with Crippen LogP contribution in [0.2, 0.25) is 0 Å². The molecule has 156 valence electrons. The van der Waals surface area contributed by atoms with Crippen molar-refractivity contribution >= 4 is 23.6 Å². The van der Waals surface area contributed by atoms with Gasteiger partial charge in [-0.05, 0) is 48.0 Å². The van der Waals surface area contributed by atoms with Gasteiger partial charge in [0.2, 0.25) is 0 Å². The van der Waals surface area contributed by atoms with Crippen LogP contribution in [-0.4, -0.2) is 34.9 Å². The van der Waals surface area contributed by atoms with Crippen LogP contribution in [0.1, 0.15) is 16.7 Å². The number of likely N-dealkylation sites (tertiary alicyclic amines) is 1. The number of carboxylic acid groups (broad SMARTS) is 1. The zero-order valence-electron chi connectivity index (χ0n) is 15.7. The van der Waals surface area contributed by atoms with Crippen molar-refractivity contribution in [3.63, 3.8) is 0 Å². The van der Waals surface area contributed by atoms with Crippen LogP contribution in [0.4, 0.5) is 18.9 Å². The van der Waals surface area contributed by atoms with E-state index in [0.717, 1.165) is 23.4 Å². The molecule has 6 nitrogen and oxygen atoms in total. The van der Waals surface area contributed by atoms with Gasteiger partial charge in [-0.3, -0.25) is 10.2 Å². The summed E-state index contributed by atoms with van der Waals surface area (Å²) in [6, 6.07) is 10.2. The normalized spacial score (nSPS) is 16.1. The number of amidine groups is 1. The van der Waals surface area contributed by atoms with Gasteiger partial charge in [0.25, 0.3) is 0 Å². The number of fused-ring (bicyclic) bond motifs is 1. The molecule has 0 bridgehead atoms. The number of nitrogens with one attached hydrogen (secondary N) is 1. The first-order chi connectivity index (χ1) is 14.3. The van der Waals surface area contributed by atoms with Gasteiger partial charge in [0.1, 0.15) is 18.2 Å². The second-order valence-corrected chi connectivity index (χ2v) is 7.09. The van der Waals surface area contributed by atoms with Gasteiger partial charge in [-0.25, -0.2) is 0 Å². The third kappa shape index (κ3) is 4.24. The van der Waals surface area contributed by atoms with E-state index in [1.54, 1.807) is 24.3 Å². The molecule has 9 heteroatoms. The highest BCUT2D eigenvalue weighted by atomic mass is 19.4. The Morgan fingerprint density at radius 3 is 2.57 bits per heavy atom. The van der Waals surface area contributed by atoms with Gasteiger partial charge in [-0.15, -0.1) is 0 Å². The lowest BCUT2D eigenvalue weighted by atomic mass is 10.0. The highest BCUT2D eigenvalue weighted by molar-refractivity contribution is 6.00. The van der Waals surface area contributed by atoms with Crippen molar-refractivity contribution in [2.75, 3.05) is 18.5 Å². The van der Waals surface area contributed by atoms with Gasteiger partial charge in [0, 0.05) is 18.7 Å². The number of carbonyl (C=O) groups is 1. The van der Waals surface area contributed by atoms with Crippen LogP contribution in [0.25, 0.3) is 6.08 Å². The predicted molar refractivity (Wildman–Crippen MR) is 105 cm³/mol. The van der Waals surface area contributed by atoms with Crippen LogP contribution in [0.5, 0.6) is 5.75 Å². The molecule has 2 aliphatic heterocycles. The molecule has 2 aliphatic rings. The largest absolute Gasteiger partial charge is 0.489 e. The van der Waals surface area contributed by atoms with E-state index >= 15 is 0 Å². The molecule has 2 heterocycles. The van der Waals surface area contributed by atoms with Crippen molar-refractivity contribution in [2.24, 2.45) is 11.0 Å². The molecule has 0 spiro atoms. The molecule has 0 aliphatic carbocycles. The maximum atomic E-state index is 12.6. The molecule has 4 rings (SSSR count). The Bertz CT molecular complexity index is 1010. The molecule has 0 unspecified atom stereocenters. The first kappa shape index (κ1) is 19.8. The number of nitrogens with zero attached hydrogens (tertiary/aromatic N) is 2. The summed E-state index contributed by atoms with van der Waals surface area (Å²) in [4.78, 5) is 12.8. The Morgan fingerprint density at radius 2 is 1.90 bits per heavy atom. The number of benzene rings is 2. The summed E-state index contributed by atoms with van der Waals surface area (Å²) >= 11 is 0. The summed E-state index contributed by atoms with van der Waals surface area (Å²) in [5.41, 5.74) is 4.49. The van der Waals surface area contributed by atoms with Gasteiger partial charge >= 0.3 is 12.1 Å². The number of halogens is 3. The number of anilines is 1. The van der Waals surface area contributed by atoms with Crippen LogP contribution in [0.15, 0.2) is 53.6 Å². The SMILES string of the molecule is O=C(O)C1CN(C2=NNc3ccc(OCc4ccc(C(F)(F)F)cc4)cc3C=C2)C1. The van der Waals surface area contributed by atoms with Crippen molar-refractivity contribution in [1.82, 2.24) is 4.90 Å². The minimum atomic E-state index is -4.36. The first-order valence-corrected chi connectivity index (χ1v) is 9.22. The van der Waals surface area contributed by atoms with E-state index in [2.05, 4.69) is 10.5 Å². The summed E-state index contributed by atoms with van der Waals surface area (Å²) in [5, 5.41) is 13.3. The lowest BCUT2D eigenvalue weighted by molar-refractivity contribution is -0.145. The minimum Gasteiger partial charge on any atom is -0.489 e. The summed E-state index contributed by atoms with van der Waals surface area (Å²) in [6.07, 6.45) is -0.703. The van der Waals surface area contributed by atoms with Crippen LogP contribution in [0, 0.1) is 5.92 Å². The van der Waals surface area contributed by atoms with Crippen LogP contribution >= 0.6 is 0 Å². The van der Waals surface area contributed by atoms with Crippen LogP contribution in [0.3, 0.4) is 0 Å². The fraction of sp³-hybridized carbons (Fsp3) is 0.238. The van der Waals surface area contributed by atoms with Gasteiger partial charge in [-0.1, -0.05) is 12.1 Å². The maximum absolute atomic E-state index is 12.6. The average molecular weight is 417 g/mol. The van der Waals surface area contributed by atoms with E-state index in [1.165, 1.54) is 12.1 Å². The fourth-order valence-electron chi connectivity index (χ4n) is 3.14. The molecule has 2 N–H and O–H groups in total. The smallest absolute Gasteiger partial charge is 0.416 e. The zero-order chi connectivity index (χ0) is 21.3. The summed E-state index contributed by atoms with van der Waals surface area (Å²) < 4.78 is 43.6. The molecule has 2 aromatic rings. The number of ether oxygens (including phenoxy) is 1. The lowest BCUT2D eigenvalue weighted by Crippen LogP contribution is -2.52. The number of alkyl halides is 3. The maximum Gasteiger partial charge on any atom is 0.416 e. The van der Waals surface area contributed by atoms with Crippen LogP contribution < -0.4 is 10.2 Å². The van der Waals surface area contributed by atoms with E-state index in [4.69, 9.17) is 9.84 Å². The average Bonchev–Trinajstić information content (AvgIpc) is 2.87. The van der Waals surface area contributed by atoms with E-state index in [1.807, 2.05) is 11.0 Å². The monoisotopic (exact) mass is 417 g/mol. The van der Waals surface area contributed by atoms with Gasteiger partial charge in [0.05, 0.1) is 17.2 Å². The topological polar surface area (TPSA) is 74.2 Å². The van der Waals surface area contributed by atoms with E-state index in [9.17, 15) is 18.0 Å². The molecule has 1 saturated heterocycles. The minimum absolute atomic E-state index is 0.139. The third-order valence-corrected chi connectivity index (χ3v) is 4.97. The summed E-state index contributed by atoms with van der Waals surface area (Å²) in [5.74, 6) is 0.0295. The van der Waals surface area contributed by atoms with Gasteiger partial charge < -0.3 is 14.7 Å². The van der Waals surface area contributed by atoms with Crippen LogP contribution in [-0.2, 0) is 17.6 Å². The molecular weight excluding hydrogens is 399 g/mol. The third-order valence-electron chi connectivity index (χ3n) is 4.97. The second kappa shape index (κ2) is 7.74. The quantitative estimate of drug-likeness (QED) is 0.785. The molecule has 0 atom stereocenters. The summed E-state index contributed by atoms with van der Waals surface area (Å²) in [6.45, 7) is 0.968. The second-order valence-electron chi connectivity index (χ2n) is 7.09. The zero-order valence-corrected chi connectivity index (χ0v) is 15.7. The highest BCUT2D eigenvalue weighted by Crippen LogP contribution is 2.30. The van der Waals surface area contributed by atoms with Crippen molar-refractivity contribution in [2.45, 2.75) is 12.8 Å². The summed E-state index contributed by atoms with van der Waals surface area (Å²) in [7, 11) is 0. The number of rotatable bonds is 4. The van der Waals surface area contributed by atoms with E-state index < -0.39 is 17.7 Å². The van der Waals surface area contributed by atoms with Crippen molar-refractivity contribution in [3.8, 4) is 5.75 Å². The van der Waals surface area contributed by atoms with Crippen molar-refractivity contribution in [3.05, 3.63) is 65.2 Å². The Hall–Kier alpha value is -3.49. The number of carboxylic acids is 1. The number of hydrogen-bond acceptors (Lipinski definition) is 5.